The highest BCUT2D eigenvalue weighted by molar-refractivity contribution is 7.47. The van der Waals surface area contributed by atoms with Gasteiger partial charge in [-0.2, -0.15) is 0 Å². The lowest BCUT2D eigenvalue weighted by Crippen LogP contribution is -2.34. The average molecular weight is 808 g/mol. The molecule has 0 fully saturated rings. The van der Waals surface area contributed by atoms with Crippen molar-refractivity contribution in [3.8, 4) is 0 Å². The summed E-state index contributed by atoms with van der Waals surface area (Å²) in [6, 6.07) is -1.53. The molecule has 0 saturated heterocycles. The summed E-state index contributed by atoms with van der Waals surface area (Å²) in [5, 5.41) is 8.88. The van der Waals surface area contributed by atoms with E-state index in [0.717, 1.165) is 89.9 Å². The molecule has 0 rings (SSSR count). The van der Waals surface area contributed by atoms with Crippen molar-refractivity contribution in [3.63, 3.8) is 0 Å². The molecule has 0 aliphatic carbocycles. The first-order valence-electron chi connectivity index (χ1n) is 21.0. The monoisotopic (exact) mass is 808 g/mol. The molecule has 0 aromatic carbocycles. The Morgan fingerprint density at radius 1 is 0.571 bits per heavy atom. The largest absolute Gasteiger partial charge is 0.480 e. The molecule has 12 heteroatoms. The van der Waals surface area contributed by atoms with Crippen LogP contribution in [0.25, 0.3) is 0 Å². The number of carbonyl (C=O) groups excluding carboxylic acids is 2. The number of unbranched alkanes of at least 4 members (excludes halogenated alkanes) is 12. The van der Waals surface area contributed by atoms with Gasteiger partial charge in [-0.25, -0.2) is 4.57 Å². The van der Waals surface area contributed by atoms with Crippen LogP contribution >= 0.6 is 7.82 Å². The first kappa shape index (κ1) is 52.9. The highest BCUT2D eigenvalue weighted by Gasteiger charge is 2.28. The van der Waals surface area contributed by atoms with E-state index in [0.29, 0.717) is 12.8 Å². The third kappa shape index (κ3) is 37.8. The van der Waals surface area contributed by atoms with Gasteiger partial charge in [0, 0.05) is 12.8 Å². The van der Waals surface area contributed by atoms with Crippen LogP contribution in [-0.2, 0) is 37.5 Å². The van der Waals surface area contributed by atoms with E-state index in [-0.39, 0.29) is 19.4 Å². The number of ether oxygens (including phenoxy) is 2. The molecule has 0 spiro atoms. The van der Waals surface area contributed by atoms with Crippen LogP contribution in [0, 0.1) is 0 Å². The highest BCUT2D eigenvalue weighted by atomic mass is 31.2. The minimum absolute atomic E-state index is 0.117. The van der Waals surface area contributed by atoms with Crippen LogP contribution in [0.1, 0.15) is 155 Å². The highest BCUT2D eigenvalue weighted by Crippen LogP contribution is 2.43. The number of phosphoric acid groups is 1. The molecule has 1 unspecified atom stereocenters. The van der Waals surface area contributed by atoms with Crippen molar-refractivity contribution in [2.75, 3.05) is 19.8 Å². The molecular formula is C44H74NO10P. The molecule has 0 saturated carbocycles. The number of carboxylic acids is 1. The Kier molecular flexibility index (Phi) is 36.6. The molecule has 0 aliphatic rings. The Labute approximate surface area is 338 Å². The summed E-state index contributed by atoms with van der Waals surface area (Å²) in [6.45, 7) is 2.61. The summed E-state index contributed by atoms with van der Waals surface area (Å²) in [5.41, 5.74) is 5.32. The molecule has 0 heterocycles. The zero-order valence-electron chi connectivity index (χ0n) is 34.4. The molecule has 0 bridgehead atoms. The van der Waals surface area contributed by atoms with Gasteiger partial charge in [-0.3, -0.25) is 23.4 Å². The standard InChI is InChI=1S/C44H74NO10P/c1-3-5-7-9-11-13-15-17-18-19-20-21-22-24-26-28-30-32-34-36-43(47)55-40(38-53-56(50,51)54-39-41(45)44(48)49)37-52-42(46)35-33-31-29-27-25-23-16-14-12-10-8-6-4-2/h5,7,11,13-14,16-18,20-21,24,26,40-41H,3-4,6,8-10,12,15,19,22-23,25,27-39,45H2,1-2H3,(H,48,49)(H,50,51)/b7-5+,13-11+,16-14+,18-17+,21-20+,26-24+/t40-,41-/m0/s1. The second kappa shape index (κ2) is 38.8. The quantitative estimate of drug-likeness (QED) is 0.0235. The lowest BCUT2D eigenvalue weighted by molar-refractivity contribution is -0.161. The van der Waals surface area contributed by atoms with Crippen LogP contribution in [0.15, 0.2) is 72.9 Å². The molecule has 0 amide bonds. The smallest absolute Gasteiger partial charge is 0.472 e. The Bertz CT molecular complexity index is 1230. The number of phosphoric ester groups is 1. The van der Waals surface area contributed by atoms with E-state index in [9.17, 15) is 23.8 Å². The molecule has 11 nitrogen and oxygen atoms in total. The zero-order chi connectivity index (χ0) is 41.4. The van der Waals surface area contributed by atoms with Crippen molar-refractivity contribution in [1.82, 2.24) is 0 Å². The third-order valence-corrected chi connectivity index (χ3v) is 9.39. The van der Waals surface area contributed by atoms with E-state index < -0.39 is 51.1 Å². The van der Waals surface area contributed by atoms with Crippen molar-refractivity contribution < 1.29 is 47.5 Å². The lowest BCUT2D eigenvalue weighted by atomic mass is 10.1. The van der Waals surface area contributed by atoms with Gasteiger partial charge in [0.1, 0.15) is 12.6 Å². The SMILES string of the molecule is CC/C=C/C/C=C/C/C=C/C/C=C/C/C=C/CCCCCC(=O)O[C@@H](COC(=O)CCCCCCC/C=C/CCCCCC)COP(=O)(O)OC[C@H](N)C(=O)O. The van der Waals surface area contributed by atoms with E-state index in [1.165, 1.54) is 25.7 Å². The summed E-state index contributed by atoms with van der Waals surface area (Å²) >= 11 is 0. The maximum absolute atomic E-state index is 12.6. The summed E-state index contributed by atoms with van der Waals surface area (Å²) < 4.78 is 32.6. The van der Waals surface area contributed by atoms with Crippen molar-refractivity contribution in [2.24, 2.45) is 5.73 Å². The molecule has 0 aromatic heterocycles. The van der Waals surface area contributed by atoms with Gasteiger partial charge in [-0.05, 0) is 83.5 Å². The Morgan fingerprint density at radius 2 is 1.00 bits per heavy atom. The first-order valence-corrected chi connectivity index (χ1v) is 22.5. The number of carboxylic acid groups (broad SMARTS) is 1. The van der Waals surface area contributed by atoms with E-state index in [1.54, 1.807) is 0 Å². The van der Waals surface area contributed by atoms with Crippen LogP contribution in [-0.4, -0.2) is 59.9 Å². The predicted octanol–water partition coefficient (Wildman–Crippen LogP) is 10.9. The number of hydrogen-bond donors (Lipinski definition) is 3. The van der Waals surface area contributed by atoms with Crippen LogP contribution in [0.2, 0.25) is 0 Å². The number of rotatable bonds is 38. The third-order valence-electron chi connectivity index (χ3n) is 8.44. The van der Waals surface area contributed by atoms with Crippen LogP contribution in [0.3, 0.4) is 0 Å². The predicted molar refractivity (Wildman–Crippen MR) is 226 cm³/mol. The molecule has 3 atom stereocenters. The molecule has 56 heavy (non-hydrogen) atoms. The van der Waals surface area contributed by atoms with E-state index in [2.05, 4.69) is 91.3 Å². The van der Waals surface area contributed by atoms with Crippen LogP contribution < -0.4 is 5.73 Å². The maximum atomic E-state index is 12.6. The number of carbonyl (C=O) groups is 3. The summed E-state index contributed by atoms with van der Waals surface area (Å²) in [5.74, 6) is -2.44. The fourth-order valence-electron chi connectivity index (χ4n) is 5.14. The van der Waals surface area contributed by atoms with Gasteiger partial charge in [-0.1, -0.05) is 132 Å². The number of esters is 2. The normalized spacial score (nSPS) is 14.5. The van der Waals surface area contributed by atoms with Gasteiger partial charge in [0.25, 0.3) is 0 Å². The van der Waals surface area contributed by atoms with Crippen LogP contribution in [0.5, 0.6) is 0 Å². The minimum Gasteiger partial charge on any atom is -0.480 e. The van der Waals surface area contributed by atoms with Crippen LogP contribution in [0.4, 0.5) is 0 Å². The van der Waals surface area contributed by atoms with Crippen molar-refractivity contribution in [1.29, 1.82) is 0 Å². The lowest BCUT2D eigenvalue weighted by Gasteiger charge is -2.20. The van der Waals surface area contributed by atoms with Crippen molar-refractivity contribution >= 4 is 25.7 Å². The topological polar surface area (TPSA) is 172 Å². The Balaban J connectivity index is 4.48. The number of hydrogen-bond acceptors (Lipinski definition) is 9. The molecule has 0 radical (unpaired) electrons. The van der Waals surface area contributed by atoms with Gasteiger partial charge >= 0.3 is 25.7 Å². The Morgan fingerprint density at radius 3 is 1.54 bits per heavy atom. The fraction of sp³-hybridized carbons (Fsp3) is 0.659. The number of aliphatic carboxylic acids is 1. The summed E-state index contributed by atoms with van der Waals surface area (Å²) in [4.78, 5) is 45.9. The summed E-state index contributed by atoms with van der Waals surface area (Å²) in [6.07, 6.45) is 45.4. The number of allylic oxidation sites excluding steroid dienone is 12. The molecular weight excluding hydrogens is 733 g/mol. The van der Waals surface area contributed by atoms with Crippen molar-refractivity contribution in [3.05, 3.63) is 72.9 Å². The maximum Gasteiger partial charge on any atom is 0.472 e. The van der Waals surface area contributed by atoms with Gasteiger partial charge in [0.15, 0.2) is 6.10 Å². The Hall–Kier alpha value is -3.08. The average Bonchev–Trinajstić information content (AvgIpc) is 3.17. The van der Waals surface area contributed by atoms with Gasteiger partial charge < -0.3 is 25.2 Å². The van der Waals surface area contributed by atoms with Gasteiger partial charge in [0.2, 0.25) is 0 Å². The fourth-order valence-corrected chi connectivity index (χ4v) is 5.92. The van der Waals surface area contributed by atoms with Gasteiger partial charge in [0.05, 0.1) is 13.2 Å². The number of nitrogens with two attached hydrogens (primary N) is 1. The molecule has 320 valence electrons. The minimum atomic E-state index is -4.73. The van der Waals surface area contributed by atoms with Crippen molar-refractivity contribution in [2.45, 2.75) is 167 Å². The van der Waals surface area contributed by atoms with E-state index in [4.69, 9.17) is 24.8 Å². The zero-order valence-corrected chi connectivity index (χ0v) is 35.3. The summed E-state index contributed by atoms with van der Waals surface area (Å²) in [7, 11) is -4.73. The van der Waals surface area contributed by atoms with E-state index in [1.807, 2.05) is 0 Å². The van der Waals surface area contributed by atoms with E-state index >= 15 is 0 Å². The molecule has 4 N–H and O–H groups in total. The second-order valence-electron chi connectivity index (χ2n) is 13.7. The van der Waals surface area contributed by atoms with Gasteiger partial charge in [-0.15, -0.1) is 0 Å². The molecule has 0 aliphatic heterocycles. The second-order valence-corrected chi connectivity index (χ2v) is 15.2. The first-order chi connectivity index (χ1) is 27.1. The molecule has 0 aromatic rings.